The standard InChI is InChI=1S/C14H19BN2O3/c1-4-19-13(18)12(10-11-6-5-9-20-11)15-14-16(2)7-8-17(14)3/h5-9,12H,4,10H2,1-3H3. The Labute approximate surface area is 119 Å². The van der Waals surface area contributed by atoms with Gasteiger partial charge in [-0.25, -0.2) is 0 Å². The van der Waals surface area contributed by atoms with Crippen molar-refractivity contribution in [2.75, 3.05) is 6.61 Å². The number of imidazole rings is 1. The number of carbonyl (C=O) groups excluding carboxylic acids is 1. The molecule has 0 saturated heterocycles. The van der Waals surface area contributed by atoms with Crippen molar-refractivity contribution < 1.29 is 18.5 Å². The van der Waals surface area contributed by atoms with Crippen LogP contribution in [0.15, 0.2) is 35.2 Å². The number of furan rings is 1. The van der Waals surface area contributed by atoms with Gasteiger partial charge in [0, 0.05) is 5.72 Å². The highest BCUT2D eigenvalue weighted by atomic mass is 16.5. The summed E-state index contributed by atoms with van der Waals surface area (Å²) in [6.45, 7) is 2.19. The largest absolute Gasteiger partial charge is 0.469 e. The number of carbonyl (C=O) groups is 1. The molecule has 0 spiro atoms. The van der Waals surface area contributed by atoms with Crippen molar-refractivity contribution in [3.05, 3.63) is 36.5 Å². The Bertz CT molecular complexity index is 543. The third kappa shape index (κ3) is 3.32. The molecule has 0 bridgehead atoms. The van der Waals surface area contributed by atoms with E-state index in [0.29, 0.717) is 13.0 Å². The van der Waals surface area contributed by atoms with Crippen LogP contribution >= 0.6 is 0 Å². The fourth-order valence-electron chi connectivity index (χ4n) is 2.12. The molecule has 6 heteroatoms. The number of nitrogens with zero attached hydrogens (tertiary/aromatic N) is 2. The number of rotatable bonds is 6. The Morgan fingerprint density at radius 3 is 2.95 bits per heavy atom. The van der Waals surface area contributed by atoms with Gasteiger partial charge in [-0.1, -0.05) is 0 Å². The monoisotopic (exact) mass is 274 g/mol. The third-order valence-corrected chi connectivity index (χ3v) is 3.18. The molecule has 0 aliphatic carbocycles. The van der Waals surface area contributed by atoms with Crippen LogP contribution < -0.4 is 10.3 Å². The van der Waals surface area contributed by atoms with E-state index in [0.717, 1.165) is 11.5 Å². The number of aryl methyl sites for hydroxylation is 2. The highest BCUT2D eigenvalue weighted by Gasteiger charge is 2.15. The van der Waals surface area contributed by atoms with Crippen LogP contribution in [0.3, 0.4) is 0 Å². The van der Waals surface area contributed by atoms with Gasteiger partial charge in [-0.2, -0.15) is 7.28 Å². The molecule has 1 atom stereocenters. The summed E-state index contributed by atoms with van der Waals surface area (Å²) in [4.78, 5) is 12.1. The van der Waals surface area contributed by atoms with E-state index in [1.807, 2.05) is 62.0 Å². The van der Waals surface area contributed by atoms with Crippen LogP contribution in [-0.4, -0.2) is 24.4 Å². The zero-order chi connectivity index (χ0) is 14.5. The fraction of sp³-hybridized carbons (Fsp3) is 0.429. The SMILES string of the molecule is CCOC(=O)C([B-]c1n(C)cc[n+]1C)Cc1ccco1. The summed E-state index contributed by atoms with van der Waals surface area (Å²) in [6.07, 6.45) is 6.00. The minimum atomic E-state index is -0.360. The number of hydrogen-bond donors (Lipinski definition) is 0. The van der Waals surface area contributed by atoms with Crippen molar-refractivity contribution in [1.82, 2.24) is 4.57 Å². The van der Waals surface area contributed by atoms with E-state index in [9.17, 15) is 4.79 Å². The van der Waals surface area contributed by atoms with Gasteiger partial charge in [-0.3, -0.25) is 13.9 Å². The highest BCUT2D eigenvalue weighted by Crippen LogP contribution is 2.15. The first-order valence-electron chi connectivity index (χ1n) is 6.66. The van der Waals surface area contributed by atoms with Gasteiger partial charge in [0.05, 0.1) is 27.0 Å². The molecule has 0 aliphatic rings. The molecule has 0 aliphatic heterocycles. The number of hydrogen-bond acceptors (Lipinski definition) is 3. The molecule has 2 rings (SSSR count). The lowest BCUT2D eigenvalue weighted by atomic mass is 9.61. The molecule has 20 heavy (non-hydrogen) atoms. The van der Waals surface area contributed by atoms with E-state index in [-0.39, 0.29) is 11.8 Å². The van der Waals surface area contributed by atoms with Crippen LogP contribution in [0.2, 0.25) is 5.82 Å². The lowest BCUT2D eigenvalue weighted by Gasteiger charge is -2.24. The quantitative estimate of drug-likeness (QED) is 0.434. The molecule has 5 nitrogen and oxygen atoms in total. The Morgan fingerprint density at radius 2 is 2.40 bits per heavy atom. The average molecular weight is 274 g/mol. The minimum absolute atomic E-state index is 0.231. The average Bonchev–Trinajstić information content (AvgIpc) is 3.03. The fourth-order valence-corrected chi connectivity index (χ4v) is 2.12. The second kappa shape index (κ2) is 6.46. The van der Waals surface area contributed by atoms with Crippen LogP contribution in [0.1, 0.15) is 12.7 Å². The number of ether oxygens (including phenoxy) is 1. The van der Waals surface area contributed by atoms with E-state index >= 15 is 0 Å². The van der Waals surface area contributed by atoms with Gasteiger partial charge in [0.1, 0.15) is 18.2 Å². The van der Waals surface area contributed by atoms with E-state index < -0.39 is 0 Å². The first-order valence-corrected chi connectivity index (χ1v) is 6.66. The molecule has 0 aromatic carbocycles. The van der Waals surface area contributed by atoms with Crippen molar-refractivity contribution in [3.8, 4) is 0 Å². The number of esters is 1. The van der Waals surface area contributed by atoms with Crippen molar-refractivity contribution >= 4 is 19.0 Å². The van der Waals surface area contributed by atoms with Gasteiger partial charge in [-0.15, -0.1) is 5.82 Å². The molecule has 0 N–H and O–H groups in total. The molecule has 2 aromatic rings. The summed E-state index contributed by atoms with van der Waals surface area (Å²) >= 11 is 0. The normalized spacial score (nSPS) is 12.3. The predicted molar refractivity (Wildman–Crippen MR) is 74.8 cm³/mol. The summed E-state index contributed by atoms with van der Waals surface area (Å²) < 4.78 is 14.4. The smallest absolute Gasteiger partial charge is 0.268 e. The Hall–Kier alpha value is -1.98. The lowest BCUT2D eigenvalue weighted by molar-refractivity contribution is -0.653. The molecule has 0 amide bonds. The van der Waals surface area contributed by atoms with E-state index in [2.05, 4.69) is 0 Å². The molecule has 0 saturated carbocycles. The van der Waals surface area contributed by atoms with Gasteiger partial charge < -0.3 is 9.15 Å². The van der Waals surface area contributed by atoms with E-state index in [4.69, 9.17) is 9.15 Å². The summed E-state index contributed by atoms with van der Waals surface area (Å²) in [5.74, 6) is 0.183. The van der Waals surface area contributed by atoms with Crippen molar-refractivity contribution in [2.45, 2.75) is 19.2 Å². The van der Waals surface area contributed by atoms with E-state index in [1.54, 1.807) is 6.26 Å². The summed E-state index contributed by atoms with van der Waals surface area (Å²) in [7, 11) is 5.81. The second-order valence-corrected chi connectivity index (χ2v) is 4.69. The maximum atomic E-state index is 12.1. The van der Waals surface area contributed by atoms with E-state index in [1.165, 1.54) is 0 Å². The molecule has 2 radical (unpaired) electrons. The molecule has 106 valence electrons. The zero-order valence-electron chi connectivity index (χ0n) is 12.1. The van der Waals surface area contributed by atoms with Gasteiger partial charge in [0.2, 0.25) is 0 Å². The first kappa shape index (κ1) is 14.4. The predicted octanol–water partition coefficient (Wildman–Crippen LogP) is 0.366. The third-order valence-electron chi connectivity index (χ3n) is 3.18. The second-order valence-electron chi connectivity index (χ2n) is 4.69. The maximum absolute atomic E-state index is 12.1. The minimum Gasteiger partial charge on any atom is -0.469 e. The van der Waals surface area contributed by atoms with Crippen LogP contribution in [0.4, 0.5) is 0 Å². The Balaban J connectivity index is 2.16. The lowest BCUT2D eigenvalue weighted by Crippen LogP contribution is -2.51. The topological polar surface area (TPSA) is 48.2 Å². The van der Waals surface area contributed by atoms with Crippen molar-refractivity contribution in [1.29, 1.82) is 0 Å². The molecular weight excluding hydrogens is 255 g/mol. The van der Waals surface area contributed by atoms with Gasteiger partial charge >= 0.3 is 0 Å². The van der Waals surface area contributed by atoms with Gasteiger partial charge in [-0.05, 0) is 25.5 Å². The van der Waals surface area contributed by atoms with Crippen LogP contribution in [0.5, 0.6) is 0 Å². The Kier molecular flexibility index (Phi) is 4.66. The summed E-state index contributed by atoms with van der Waals surface area (Å²) in [5, 5.41) is 0. The number of aromatic nitrogens is 2. The Morgan fingerprint density at radius 1 is 1.60 bits per heavy atom. The van der Waals surface area contributed by atoms with Gasteiger partial charge in [0.15, 0.2) is 0 Å². The molecule has 2 aromatic heterocycles. The molecule has 1 unspecified atom stereocenters. The summed E-state index contributed by atoms with van der Waals surface area (Å²) in [6, 6.07) is 3.69. The van der Waals surface area contributed by atoms with Crippen LogP contribution in [0.25, 0.3) is 0 Å². The van der Waals surface area contributed by atoms with Crippen LogP contribution in [-0.2, 0) is 30.0 Å². The maximum Gasteiger partial charge on any atom is 0.268 e. The van der Waals surface area contributed by atoms with Crippen molar-refractivity contribution in [3.63, 3.8) is 0 Å². The zero-order valence-corrected chi connectivity index (χ0v) is 12.1. The summed E-state index contributed by atoms with van der Waals surface area (Å²) in [5.41, 5.74) is 0.953. The van der Waals surface area contributed by atoms with Crippen molar-refractivity contribution in [2.24, 2.45) is 14.1 Å². The first-order chi connectivity index (χ1) is 9.61. The molecule has 2 heterocycles. The highest BCUT2D eigenvalue weighted by molar-refractivity contribution is 6.56. The van der Waals surface area contributed by atoms with Gasteiger partial charge in [0.25, 0.3) is 5.97 Å². The molecular formula is C14H19BN2O3. The molecule has 0 fully saturated rings. The van der Waals surface area contributed by atoms with Crippen LogP contribution in [0, 0.1) is 0 Å².